The van der Waals surface area contributed by atoms with Gasteiger partial charge in [-0.3, -0.25) is 0 Å². The Morgan fingerprint density at radius 3 is 2.53 bits per heavy atom. The van der Waals surface area contributed by atoms with Crippen LogP contribution in [0.4, 0.5) is 0 Å². The maximum atomic E-state index is 5.98. The maximum Gasteiger partial charge on any atom is 0.00390 e. The zero-order valence-electron chi connectivity index (χ0n) is 11.4. The Hall–Kier alpha value is -0.560. The molecule has 2 aliphatic rings. The van der Waals surface area contributed by atoms with E-state index in [0.29, 0.717) is 6.04 Å². The molecule has 2 aliphatic carbocycles. The molecule has 0 aromatic rings. The normalized spacial score (nSPS) is 35.5. The number of nitrogens with two attached hydrogens (primary N) is 1. The third-order valence-electron chi connectivity index (χ3n) is 4.76. The molecule has 0 amide bonds. The van der Waals surface area contributed by atoms with Gasteiger partial charge in [0.15, 0.2) is 0 Å². The van der Waals surface area contributed by atoms with Crippen molar-refractivity contribution in [2.24, 2.45) is 23.5 Å². The van der Waals surface area contributed by atoms with E-state index in [0.717, 1.165) is 17.8 Å². The van der Waals surface area contributed by atoms with Gasteiger partial charge in [0.1, 0.15) is 0 Å². The minimum absolute atomic E-state index is 0.477. The van der Waals surface area contributed by atoms with Gasteiger partial charge in [-0.05, 0) is 61.9 Å². The second-order valence-corrected chi connectivity index (χ2v) is 5.95. The molecule has 2 N–H and O–H groups in total. The molecule has 0 saturated heterocycles. The average Bonchev–Trinajstić information content (AvgIpc) is 2.39. The van der Waals surface area contributed by atoms with Crippen LogP contribution in [0.15, 0.2) is 23.8 Å². The second-order valence-electron chi connectivity index (χ2n) is 5.95. The predicted octanol–water partition coefficient (Wildman–Crippen LogP) is 4.05. The lowest BCUT2D eigenvalue weighted by Crippen LogP contribution is -2.29. The molecule has 17 heavy (non-hydrogen) atoms. The fourth-order valence-electron chi connectivity index (χ4n) is 3.18. The summed E-state index contributed by atoms with van der Waals surface area (Å²) in [6.07, 6.45) is 15.0. The van der Waals surface area contributed by atoms with Crippen molar-refractivity contribution < 1.29 is 0 Å². The van der Waals surface area contributed by atoms with Crippen LogP contribution in [0.5, 0.6) is 0 Å². The van der Waals surface area contributed by atoms with E-state index in [9.17, 15) is 0 Å². The zero-order chi connectivity index (χ0) is 12.3. The van der Waals surface area contributed by atoms with Crippen LogP contribution in [0, 0.1) is 17.8 Å². The van der Waals surface area contributed by atoms with Crippen LogP contribution >= 0.6 is 0 Å². The lowest BCUT2D eigenvalue weighted by Gasteiger charge is -2.32. The predicted molar refractivity (Wildman–Crippen MR) is 74.7 cm³/mol. The maximum absolute atomic E-state index is 5.98. The number of hydrogen-bond acceptors (Lipinski definition) is 1. The van der Waals surface area contributed by atoms with Crippen LogP contribution in [0.2, 0.25) is 0 Å². The lowest BCUT2D eigenvalue weighted by atomic mass is 9.75. The summed E-state index contributed by atoms with van der Waals surface area (Å²) in [6, 6.07) is 0.477. The van der Waals surface area contributed by atoms with Gasteiger partial charge in [0, 0.05) is 6.04 Å². The van der Waals surface area contributed by atoms with Gasteiger partial charge in [0.2, 0.25) is 0 Å². The van der Waals surface area contributed by atoms with Crippen molar-refractivity contribution >= 4 is 0 Å². The van der Waals surface area contributed by atoms with Gasteiger partial charge in [-0.1, -0.05) is 32.1 Å². The highest BCUT2D eigenvalue weighted by molar-refractivity contribution is 5.26. The van der Waals surface area contributed by atoms with Crippen LogP contribution in [-0.4, -0.2) is 6.04 Å². The van der Waals surface area contributed by atoms with Gasteiger partial charge in [-0.15, -0.1) is 0 Å². The van der Waals surface area contributed by atoms with Crippen molar-refractivity contribution in [3.8, 4) is 0 Å². The molecule has 0 spiro atoms. The van der Waals surface area contributed by atoms with Gasteiger partial charge in [-0.25, -0.2) is 0 Å². The van der Waals surface area contributed by atoms with E-state index >= 15 is 0 Å². The second kappa shape index (κ2) is 5.86. The molecule has 2 atom stereocenters. The Bertz CT molecular complexity index is 295. The Morgan fingerprint density at radius 2 is 2.00 bits per heavy atom. The first-order valence-electron chi connectivity index (χ1n) is 7.34. The van der Waals surface area contributed by atoms with E-state index < -0.39 is 0 Å². The molecule has 1 nitrogen and oxygen atoms in total. The molecule has 0 bridgehead atoms. The summed E-state index contributed by atoms with van der Waals surface area (Å²) in [5.41, 5.74) is 7.53. The SMILES string of the molecule is CCC(C)C1=CCC(C2CCC(N)CC2)C=C1. The van der Waals surface area contributed by atoms with Crippen LogP contribution in [0.3, 0.4) is 0 Å². The molecule has 1 fully saturated rings. The molecule has 96 valence electrons. The van der Waals surface area contributed by atoms with E-state index in [-0.39, 0.29) is 0 Å². The molecule has 0 radical (unpaired) electrons. The Kier molecular flexibility index (Phi) is 4.44. The summed E-state index contributed by atoms with van der Waals surface area (Å²) in [5, 5.41) is 0. The standard InChI is InChI=1S/C16H27N/c1-3-12(2)13-4-6-14(7-5-13)15-8-10-16(17)11-9-15/h4-6,12,14-16H,3,7-11,17H2,1-2H3. The first-order valence-corrected chi connectivity index (χ1v) is 7.34. The van der Waals surface area contributed by atoms with E-state index in [1.54, 1.807) is 5.57 Å². The minimum Gasteiger partial charge on any atom is -0.328 e. The van der Waals surface area contributed by atoms with Crippen molar-refractivity contribution in [1.29, 1.82) is 0 Å². The summed E-state index contributed by atoms with van der Waals surface area (Å²) in [4.78, 5) is 0. The van der Waals surface area contributed by atoms with E-state index in [4.69, 9.17) is 5.73 Å². The molecular formula is C16H27N. The highest BCUT2D eigenvalue weighted by Gasteiger charge is 2.25. The van der Waals surface area contributed by atoms with Crippen molar-refractivity contribution in [2.75, 3.05) is 0 Å². The van der Waals surface area contributed by atoms with Crippen molar-refractivity contribution in [3.05, 3.63) is 23.8 Å². The van der Waals surface area contributed by atoms with E-state index in [1.807, 2.05) is 0 Å². The Morgan fingerprint density at radius 1 is 1.29 bits per heavy atom. The summed E-state index contributed by atoms with van der Waals surface area (Å²) in [7, 11) is 0. The monoisotopic (exact) mass is 233 g/mol. The average molecular weight is 233 g/mol. The quantitative estimate of drug-likeness (QED) is 0.782. The molecule has 1 saturated carbocycles. The molecule has 0 aromatic heterocycles. The van der Waals surface area contributed by atoms with Gasteiger partial charge in [0.25, 0.3) is 0 Å². The van der Waals surface area contributed by atoms with Crippen molar-refractivity contribution in [3.63, 3.8) is 0 Å². The summed E-state index contributed by atoms with van der Waals surface area (Å²) in [5.74, 6) is 2.41. The molecule has 2 rings (SSSR count). The molecule has 0 aliphatic heterocycles. The minimum atomic E-state index is 0.477. The highest BCUT2D eigenvalue weighted by atomic mass is 14.6. The Labute approximate surface area is 106 Å². The molecule has 0 heterocycles. The fourth-order valence-corrected chi connectivity index (χ4v) is 3.18. The fraction of sp³-hybridized carbons (Fsp3) is 0.750. The third-order valence-corrected chi connectivity index (χ3v) is 4.76. The smallest absolute Gasteiger partial charge is 0.00390 e. The summed E-state index contributed by atoms with van der Waals surface area (Å²) < 4.78 is 0. The third kappa shape index (κ3) is 3.22. The topological polar surface area (TPSA) is 26.0 Å². The van der Waals surface area contributed by atoms with Crippen LogP contribution in [0.1, 0.15) is 52.4 Å². The van der Waals surface area contributed by atoms with Crippen LogP contribution < -0.4 is 5.73 Å². The van der Waals surface area contributed by atoms with Crippen LogP contribution in [-0.2, 0) is 0 Å². The summed E-state index contributed by atoms with van der Waals surface area (Å²) >= 11 is 0. The molecule has 2 unspecified atom stereocenters. The van der Waals surface area contributed by atoms with Crippen molar-refractivity contribution in [2.45, 2.75) is 58.4 Å². The van der Waals surface area contributed by atoms with E-state index in [2.05, 4.69) is 32.1 Å². The number of rotatable bonds is 3. The largest absolute Gasteiger partial charge is 0.328 e. The first-order chi connectivity index (χ1) is 8.20. The molecule has 0 aromatic carbocycles. The van der Waals surface area contributed by atoms with Gasteiger partial charge < -0.3 is 5.73 Å². The Balaban J connectivity index is 1.87. The van der Waals surface area contributed by atoms with Gasteiger partial charge in [0.05, 0.1) is 0 Å². The van der Waals surface area contributed by atoms with Gasteiger partial charge in [-0.2, -0.15) is 0 Å². The lowest BCUT2D eigenvalue weighted by molar-refractivity contribution is 0.265. The first kappa shape index (κ1) is 12.9. The number of hydrogen-bond donors (Lipinski definition) is 1. The summed E-state index contributed by atoms with van der Waals surface area (Å²) in [6.45, 7) is 4.60. The number of allylic oxidation sites excluding steroid dienone is 4. The zero-order valence-corrected chi connectivity index (χ0v) is 11.4. The molecule has 1 heteroatoms. The van der Waals surface area contributed by atoms with Crippen molar-refractivity contribution in [1.82, 2.24) is 0 Å². The highest BCUT2D eigenvalue weighted by Crippen LogP contribution is 2.35. The van der Waals surface area contributed by atoms with Crippen LogP contribution in [0.25, 0.3) is 0 Å². The van der Waals surface area contributed by atoms with Gasteiger partial charge >= 0.3 is 0 Å². The molecular weight excluding hydrogens is 206 g/mol. The van der Waals surface area contributed by atoms with E-state index in [1.165, 1.54) is 38.5 Å².